The van der Waals surface area contributed by atoms with Crippen molar-refractivity contribution in [2.45, 2.75) is 13.8 Å². The summed E-state index contributed by atoms with van der Waals surface area (Å²) in [4.78, 5) is 15.3. The van der Waals surface area contributed by atoms with Crippen molar-refractivity contribution in [2.24, 2.45) is 0 Å². The normalized spacial score (nSPS) is 10.8. The van der Waals surface area contributed by atoms with E-state index in [4.69, 9.17) is 0 Å². The minimum Gasteiger partial charge on any atom is -0.342 e. The molecule has 4 nitrogen and oxygen atoms in total. The maximum absolute atomic E-state index is 4.38. The van der Waals surface area contributed by atoms with Crippen LogP contribution in [0.1, 0.15) is 11.4 Å². The van der Waals surface area contributed by atoms with E-state index in [1.807, 2.05) is 50.5 Å². The number of hydrogen-bond donors (Lipinski definition) is 2. The van der Waals surface area contributed by atoms with Crippen LogP contribution in [0.4, 0.5) is 0 Å². The van der Waals surface area contributed by atoms with Crippen molar-refractivity contribution in [3.63, 3.8) is 0 Å². The fourth-order valence-corrected chi connectivity index (χ4v) is 2.00. The second-order valence-corrected chi connectivity index (χ2v) is 4.38. The molecule has 0 amide bonds. The predicted molar refractivity (Wildman–Crippen MR) is 71.1 cm³/mol. The molecule has 3 rings (SSSR count). The zero-order valence-corrected chi connectivity index (χ0v) is 10.4. The molecule has 2 heterocycles. The predicted octanol–water partition coefficient (Wildman–Crippen LogP) is 3.08. The lowest BCUT2D eigenvalue weighted by Gasteiger charge is -2.04. The first kappa shape index (κ1) is 10.8. The van der Waals surface area contributed by atoms with Crippen molar-refractivity contribution in [3.8, 4) is 22.8 Å². The summed E-state index contributed by atoms with van der Waals surface area (Å²) in [6, 6.07) is 8.11. The summed E-state index contributed by atoms with van der Waals surface area (Å²) in [7, 11) is 0. The van der Waals surface area contributed by atoms with Crippen LogP contribution >= 0.6 is 0 Å². The SMILES string of the molecule is Cc1cnc(-c2ccccc2-c2ncc(C)[nH]2)[nH]1. The fourth-order valence-electron chi connectivity index (χ4n) is 2.00. The molecule has 18 heavy (non-hydrogen) atoms. The summed E-state index contributed by atoms with van der Waals surface area (Å²) >= 11 is 0. The molecule has 0 aliphatic carbocycles. The van der Waals surface area contributed by atoms with Gasteiger partial charge in [-0.25, -0.2) is 9.97 Å². The Labute approximate surface area is 105 Å². The van der Waals surface area contributed by atoms with E-state index in [1.165, 1.54) is 0 Å². The van der Waals surface area contributed by atoms with Crippen molar-refractivity contribution >= 4 is 0 Å². The molecule has 0 fully saturated rings. The molecule has 0 unspecified atom stereocenters. The van der Waals surface area contributed by atoms with Gasteiger partial charge in [0.1, 0.15) is 11.6 Å². The third-order valence-electron chi connectivity index (χ3n) is 2.84. The highest BCUT2D eigenvalue weighted by atomic mass is 14.9. The van der Waals surface area contributed by atoms with E-state index in [2.05, 4.69) is 19.9 Å². The highest BCUT2D eigenvalue weighted by Crippen LogP contribution is 2.28. The monoisotopic (exact) mass is 238 g/mol. The number of imidazole rings is 2. The maximum atomic E-state index is 4.38. The van der Waals surface area contributed by atoms with E-state index in [1.54, 1.807) is 0 Å². The lowest BCUT2D eigenvalue weighted by Crippen LogP contribution is -1.88. The van der Waals surface area contributed by atoms with Gasteiger partial charge in [0.15, 0.2) is 0 Å². The summed E-state index contributed by atoms with van der Waals surface area (Å²) in [5, 5.41) is 0. The number of hydrogen-bond acceptors (Lipinski definition) is 2. The van der Waals surface area contributed by atoms with Crippen LogP contribution in [0.15, 0.2) is 36.7 Å². The molecular formula is C14H14N4. The molecule has 0 aliphatic rings. The van der Waals surface area contributed by atoms with Crippen molar-refractivity contribution in [1.82, 2.24) is 19.9 Å². The van der Waals surface area contributed by atoms with Crippen LogP contribution in [-0.4, -0.2) is 19.9 Å². The molecule has 0 spiro atoms. The summed E-state index contributed by atoms with van der Waals surface area (Å²) in [6.07, 6.45) is 3.67. The van der Waals surface area contributed by atoms with Crippen LogP contribution in [0.25, 0.3) is 22.8 Å². The van der Waals surface area contributed by atoms with Gasteiger partial charge in [-0.15, -0.1) is 0 Å². The topological polar surface area (TPSA) is 57.4 Å². The third-order valence-corrected chi connectivity index (χ3v) is 2.84. The minimum absolute atomic E-state index is 0.872. The van der Waals surface area contributed by atoms with E-state index in [9.17, 15) is 0 Å². The quantitative estimate of drug-likeness (QED) is 0.720. The summed E-state index contributed by atoms with van der Waals surface area (Å²) in [5.74, 6) is 1.74. The molecule has 3 aromatic rings. The first-order chi connectivity index (χ1) is 8.74. The number of nitrogens with one attached hydrogen (secondary N) is 2. The Morgan fingerprint density at radius 3 is 1.56 bits per heavy atom. The Hall–Kier alpha value is -2.36. The molecule has 2 N–H and O–H groups in total. The van der Waals surface area contributed by atoms with Crippen molar-refractivity contribution < 1.29 is 0 Å². The van der Waals surface area contributed by atoms with E-state index < -0.39 is 0 Å². The van der Waals surface area contributed by atoms with E-state index in [0.29, 0.717) is 0 Å². The molecule has 0 bridgehead atoms. The number of H-pyrrole nitrogens is 2. The Bertz CT molecular complexity index is 619. The molecule has 0 saturated heterocycles. The van der Waals surface area contributed by atoms with Gasteiger partial charge in [0, 0.05) is 34.9 Å². The van der Waals surface area contributed by atoms with Crippen LogP contribution in [0.3, 0.4) is 0 Å². The smallest absolute Gasteiger partial charge is 0.138 e. The number of aromatic nitrogens is 4. The third kappa shape index (κ3) is 1.82. The second kappa shape index (κ2) is 4.14. The molecule has 0 radical (unpaired) electrons. The number of rotatable bonds is 2. The van der Waals surface area contributed by atoms with Gasteiger partial charge in [0.2, 0.25) is 0 Å². The van der Waals surface area contributed by atoms with Crippen LogP contribution in [0.2, 0.25) is 0 Å². The zero-order valence-electron chi connectivity index (χ0n) is 10.4. The summed E-state index contributed by atoms with van der Waals surface area (Å²) < 4.78 is 0. The molecule has 0 saturated carbocycles. The highest BCUT2D eigenvalue weighted by molar-refractivity contribution is 5.77. The highest BCUT2D eigenvalue weighted by Gasteiger charge is 2.11. The number of benzene rings is 1. The summed E-state index contributed by atoms with van der Waals surface area (Å²) in [5.41, 5.74) is 4.21. The molecule has 0 atom stereocenters. The molecule has 90 valence electrons. The lowest BCUT2D eigenvalue weighted by molar-refractivity contribution is 1.23. The van der Waals surface area contributed by atoms with Gasteiger partial charge < -0.3 is 9.97 Å². The standard InChI is InChI=1S/C14H14N4/c1-9-7-15-13(17-9)11-5-3-4-6-12(11)14-16-8-10(2)18-14/h3-8H,1-2H3,(H,15,17)(H,16,18). The second-order valence-electron chi connectivity index (χ2n) is 4.38. The zero-order chi connectivity index (χ0) is 12.5. The van der Waals surface area contributed by atoms with Crippen LogP contribution in [0, 0.1) is 13.8 Å². The molecule has 1 aromatic carbocycles. The van der Waals surface area contributed by atoms with Gasteiger partial charge >= 0.3 is 0 Å². The number of nitrogens with zero attached hydrogens (tertiary/aromatic N) is 2. The first-order valence-electron chi connectivity index (χ1n) is 5.87. The Morgan fingerprint density at radius 2 is 1.22 bits per heavy atom. The largest absolute Gasteiger partial charge is 0.342 e. The Kier molecular flexibility index (Phi) is 2.48. The fraction of sp³-hybridized carbons (Fsp3) is 0.143. The van der Waals surface area contributed by atoms with E-state index in [-0.39, 0.29) is 0 Å². The van der Waals surface area contributed by atoms with Gasteiger partial charge in [0.05, 0.1) is 0 Å². The van der Waals surface area contributed by atoms with Gasteiger partial charge in [-0.05, 0) is 13.8 Å². The van der Waals surface area contributed by atoms with Crippen LogP contribution in [-0.2, 0) is 0 Å². The minimum atomic E-state index is 0.872. The van der Waals surface area contributed by atoms with E-state index in [0.717, 1.165) is 34.2 Å². The Morgan fingerprint density at radius 1 is 0.778 bits per heavy atom. The van der Waals surface area contributed by atoms with Crippen molar-refractivity contribution in [2.75, 3.05) is 0 Å². The average Bonchev–Trinajstić information content (AvgIpc) is 2.98. The lowest BCUT2D eigenvalue weighted by atomic mass is 10.1. The van der Waals surface area contributed by atoms with Gasteiger partial charge in [-0.3, -0.25) is 0 Å². The van der Waals surface area contributed by atoms with Gasteiger partial charge in [0.25, 0.3) is 0 Å². The van der Waals surface area contributed by atoms with Crippen LogP contribution in [0.5, 0.6) is 0 Å². The number of aryl methyl sites for hydroxylation is 2. The average molecular weight is 238 g/mol. The van der Waals surface area contributed by atoms with Crippen LogP contribution < -0.4 is 0 Å². The molecule has 4 heteroatoms. The first-order valence-corrected chi connectivity index (χ1v) is 5.87. The van der Waals surface area contributed by atoms with Crippen molar-refractivity contribution in [1.29, 1.82) is 0 Å². The van der Waals surface area contributed by atoms with E-state index >= 15 is 0 Å². The molecule has 2 aromatic heterocycles. The Balaban J connectivity index is 2.16. The molecular weight excluding hydrogens is 224 g/mol. The van der Waals surface area contributed by atoms with Gasteiger partial charge in [-0.2, -0.15) is 0 Å². The maximum Gasteiger partial charge on any atom is 0.138 e. The van der Waals surface area contributed by atoms with Gasteiger partial charge in [-0.1, -0.05) is 24.3 Å². The number of aromatic amines is 2. The molecule has 0 aliphatic heterocycles. The van der Waals surface area contributed by atoms with Crippen molar-refractivity contribution in [3.05, 3.63) is 48.0 Å². The summed E-state index contributed by atoms with van der Waals surface area (Å²) in [6.45, 7) is 3.99.